The summed E-state index contributed by atoms with van der Waals surface area (Å²) in [5.74, 6) is -1.89. The van der Waals surface area contributed by atoms with Crippen LogP contribution in [0.15, 0.2) is 71.6 Å². The van der Waals surface area contributed by atoms with E-state index in [0.29, 0.717) is 5.69 Å². The molecule has 1 aliphatic rings. The Kier molecular flexibility index (Phi) is 6.40. The molecule has 33 heavy (non-hydrogen) atoms. The smallest absolute Gasteiger partial charge is 0.263 e. The van der Waals surface area contributed by atoms with E-state index in [-0.39, 0.29) is 12.3 Å². The number of carbonyl (C=O) groups is 3. The molecule has 0 radical (unpaired) electrons. The Balaban J connectivity index is 1.82. The van der Waals surface area contributed by atoms with Gasteiger partial charge in [0.25, 0.3) is 11.8 Å². The van der Waals surface area contributed by atoms with Crippen molar-refractivity contribution in [1.29, 1.82) is 0 Å². The number of benzene rings is 3. The van der Waals surface area contributed by atoms with Crippen LogP contribution in [0.2, 0.25) is 0 Å². The minimum Gasteiger partial charge on any atom is -0.367 e. The SMILES string of the molecule is CN[C@@H](C)C(=O)N[C@@]1(C(N)=O)CSc2ccccc2N(Cc2cccc3ccccc23)C1=O. The van der Waals surface area contributed by atoms with Crippen molar-refractivity contribution in [2.75, 3.05) is 17.7 Å². The van der Waals surface area contributed by atoms with Gasteiger partial charge in [0.1, 0.15) is 0 Å². The molecule has 1 aliphatic heterocycles. The maximum atomic E-state index is 14.0. The molecule has 4 rings (SSSR count). The maximum Gasteiger partial charge on any atom is 0.263 e. The average Bonchev–Trinajstić information content (AvgIpc) is 2.95. The minimum atomic E-state index is -1.88. The summed E-state index contributed by atoms with van der Waals surface area (Å²) in [5, 5.41) is 7.57. The van der Waals surface area contributed by atoms with Crippen molar-refractivity contribution in [2.45, 2.75) is 29.9 Å². The molecule has 8 heteroatoms. The number of amides is 3. The number of hydrogen-bond acceptors (Lipinski definition) is 5. The Morgan fingerprint density at radius 2 is 1.79 bits per heavy atom. The molecule has 170 valence electrons. The van der Waals surface area contributed by atoms with Crippen molar-refractivity contribution in [2.24, 2.45) is 5.73 Å². The molecule has 0 saturated carbocycles. The number of nitrogens with zero attached hydrogens (tertiary/aromatic N) is 1. The third-order valence-corrected chi connectivity index (χ3v) is 7.24. The minimum absolute atomic E-state index is 0.00634. The number of nitrogens with two attached hydrogens (primary N) is 1. The Hall–Kier alpha value is -3.36. The van der Waals surface area contributed by atoms with Crippen LogP contribution in [0.3, 0.4) is 0 Å². The van der Waals surface area contributed by atoms with E-state index in [1.165, 1.54) is 11.8 Å². The first-order valence-electron chi connectivity index (χ1n) is 10.7. The zero-order valence-corrected chi connectivity index (χ0v) is 19.3. The Labute approximate surface area is 196 Å². The fraction of sp³-hybridized carbons (Fsp3) is 0.240. The Morgan fingerprint density at radius 1 is 1.09 bits per heavy atom. The number of thioether (sulfide) groups is 1. The number of likely N-dealkylation sites (N-methyl/N-ethyl adjacent to an activating group) is 1. The molecule has 2 atom stereocenters. The topological polar surface area (TPSA) is 105 Å². The first kappa shape index (κ1) is 22.8. The molecule has 4 N–H and O–H groups in total. The van der Waals surface area contributed by atoms with Gasteiger partial charge in [-0.15, -0.1) is 11.8 Å². The van der Waals surface area contributed by atoms with Gasteiger partial charge in [0.15, 0.2) is 0 Å². The van der Waals surface area contributed by atoms with Gasteiger partial charge in [0.05, 0.1) is 18.3 Å². The van der Waals surface area contributed by atoms with Crippen LogP contribution < -0.4 is 21.3 Å². The summed E-state index contributed by atoms with van der Waals surface area (Å²) in [5.41, 5.74) is 5.53. The van der Waals surface area contributed by atoms with Gasteiger partial charge in [-0.25, -0.2) is 0 Å². The molecule has 0 saturated heterocycles. The monoisotopic (exact) mass is 462 g/mol. The summed E-state index contributed by atoms with van der Waals surface area (Å²) in [4.78, 5) is 42.0. The lowest BCUT2D eigenvalue weighted by Gasteiger charge is -2.34. The lowest BCUT2D eigenvalue weighted by molar-refractivity contribution is -0.139. The van der Waals surface area contributed by atoms with Crippen LogP contribution in [0, 0.1) is 0 Å². The van der Waals surface area contributed by atoms with Gasteiger partial charge in [-0.3, -0.25) is 14.4 Å². The average molecular weight is 463 g/mol. The van der Waals surface area contributed by atoms with Gasteiger partial charge in [-0.1, -0.05) is 54.6 Å². The number of hydrogen-bond donors (Lipinski definition) is 3. The highest BCUT2D eigenvalue weighted by molar-refractivity contribution is 7.99. The quantitative estimate of drug-likeness (QED) is 0.488. The second kappa shape index (κ2) is 9.25. The van der Waals surface area contributed by atoms with Crippen LogP contribution in [0.5, 0.6) is 0 Å². The molecule has 7 nitrogen and oxygen atoms in total. The van der Waals surface area contributed by atoms with Crippen LogP contribution in [-0.2, 0) is 20.9 Å². The molecule has 0 aromatic heterocycles. The summed E-state index contributed by atoms with van der Waals surface area (Å²) in [7, 11) is 1.63. The molecule has 0 spiro atoms. The van der Waals surface area contributed by atoms with Crippen LogP contribution in [0.1, 0.15) is 12.5 Å². The number of rotatable bonds is 6. The molecular formula is C25H26N4O3S. The van der Waals surface area contributed by atoms with Gasteiger partial charge in [0.2, 0.25) is 11.4 Å². The first-order chi connectivity index (χ1) is 15.9. The summed E-state index contributed by atoms with van der Waals surface area (Å²) in [6.45, 7) is 1.88. The fourth-order valence-electron chi connectivity index (χ4n) is 3.92. The molecule has 0 unspecified atom stereocenters. The van der Waals surface area contributed by atoms with E-state index >= 15 is 0 Å². The fourth-order valence-corrected chi connectivity index (χ4v) is 5.14. The second-order valence-corrected chi connectivity index (χ2v) is 9.07. The Bertz CT molecular complexity index is 1230. The Morgan fingerprint density at radius 3 is 2.55 bits per heavy atom. The molecule has 3 aromatic carbocycles. The largest absolute Gasteiger partial charge is 0.367 e. The summed E-state index contributed by atoms with van der Waals surface area (Å²) in [6, 6.07) is 20.7. The summed E-state index contributed by atoms with van der Waals surface area (Å²) in [6.07, 6.45) is 0. The molecule has 3 aromatic rings. The number of nitrogens with one attached hydrogen (secondary N) is 2. The van der Waals surface area contributed by atoms with Crippen molar-refractivity contribution < 1.29 is 14.4 Å². The van der Waals surface area contributed by atoms with E-state index in [1.54, 1.807) is 18.9 Å². The highest BCUT2D eigenvalue weighted by Crippen LogP contribution is 2.38. The molecule has 1 heterocycles. The van der Waals surface area contributed by atoms with Crippen molar-refractivity contribution in [1.82, 2.24) is 10.6 Å². The lowest BCUT2D eigenvalue weighted by Crippen LogP contribution is -2.69. The van der Waals surface area contributed by atoms with E-state index in [1.807, 2.05) is 66.7 Å². The summed E-state index contributed by atoms with van der Waals surface area (Å²) >= 11 is 1.33. The number of anilines is 1. The second-order valence-electron chi connectivity index (χ2n) is 8.06. The van der Waals surface area contributed by atoms with Crippen molar-refractivity contribution in [3.63, 3.8) is 0 Å². The highest BCUT2D eigenvalue weighted by Gasteiger charge is 2.51. The molecule has 3 amide bonds. The van der Waals surface area contributed by atoms with E-state index in [2.05, 4.69) is 10.6 Å². The highest BCUT2D eigenvalue weighted by atomic mass is 32.2. The van der Waals surface area contributed by atoms with Crippen LogP contribution in [0.25, 0.3) is 10.8 Å². The van der Waals surface area contributed by atoms with Gasteiger partial charge < -0.3 is 21.3 Å². The molecular weight excluding hydrogens is 436 g/mol. The predicted octanol–water partition coefficient (Wildman–Crippen LogP) is 2.43. The predicted molar refractivity (Wildman–Crippen MR) is 131 cm³/mol. The first-order valence-corrected chi connectivity index (χ1v) is 11.7. The third-order valence-electron chi connectivity index (χ3n) is 6.00. The molecule has 0 bridgehead atoms. The van der Waals surface area contributed by atoms with Gasteiger partial charge in [-0.05, 0) is 42.4 Å². The number of fused-ring (bicyclic) bond motifs is 2. The van der Waals surface area contributed by atoms with E-state index in [4.69, 9.17) is 5.73 Å². The van der Waals surface area contributed by atoms with Crippen LogP contribution in [-0.4, -0.2) is 42.1 Å². The number of primary amides is 1. The van der Waals surface area contributed by atoms with Crippen molar-refractivity contribution >= 4 is 45.9 Å². The van der Waals surface area contributed by atoms with Crippen LogP contribution >= 0.6 is 11.8 Å². The third kappa shape index (κ3) is 4.19. The molecule has 0 aliphatic carbocycles. The normalized spacial score (nSPS) is 19.0. The van der Waals surface area contributed by atoms with Gasteiger partial charge in [0, 0.05) is 10.6 Å². The zero-order valence-electron chi connectivity index (χ0n) is 18.5. The van der Waals surface area contributed by atoms with E-state index < -0.39 is 29.3 Å². The van der Waals surface area contributed by atoms with Crippen molar-refractivity contribution in [3.05, 3.63) is 72.3 Å². The molecule has 0 fully saturated rings. The van der Waals surface area contributed by atoms with Crippen LogP contribution in [0.4, 0.5) is 5.69 Å². The zero-order chi connectivity index (χ0) is 23.6. The van der Waals surface area contributed by atoms with Gasteiger partial charge >= 0.3 is 0 Å². The number of para-hydroxylation sites is 1. The summed E-state index contributed by atoms with van der Waals surface area (Å²) < 4.78 is 0. The van der Waals surface area contributed by atoms with Crippen molar-refractivity contribution in [3.8, 4) is 0 Å². The van der Waals surface area contributed by atoms with E-state index in [0.717, 1.165) is 21.2 Å². The van der Waals surface area contributed by atoms with E-state index in [9.17, 15) is 14.4 Å². The number of carbonyl (C=O) groups excluding carboxylic acids is 3. The standard InChI is InChI=1S/C25H26N4O3S/c1-16(27-2)22(30)28-25(23(26)31)15-33-21-13-6-5-12-20(21)29(24(25)32)14-18-10-7-9-17-8-3-4-11-19(17)18/h3-13,16,27H,14-15H2,1-2H3,(H2,26,31)(H,28,30)/t16-,25+/m0/s1. The lowest BCUT2D eigenvalue weighted by atomic mass is 9.96. The maximum absolute atomic E-state index is 14.0. The van der Waals surface area contributed by atoms with Gasteiger partial charge in [-0.2, -0.15) is 0 Å².